The number of hydrogen-bond acceptors (Lipinski definition) is 6. The predicted molar refractivity (Wildman–Crippen MR) is 131 cm³/mol. The molecule has 1 aliphatic rings. The Morgan fingerprint density at radius 1 is 1.09 bits per heavy atom. The summed E-state index contributed by atoms with van der Waals surface area (Å²) >= 11 is 2.27. The first-order valence-electron chi connectivity index (χ1n) is 10.8. The van der Waals surface area contributed by atoms with Gasteiger partial charge in [-0.3, -0.25) is 4.79 Å². The zero-order valence-electron chi connectivity index (χ0n) is 18.1. The van der Waals surface area contributed by atoms with Crippen molar-refractivity contribution in [2.24, 2.45) is 5.92 Å². The zero-order valence-corrected chi connectivity index (χ0v) is 21.1. The second-order valence-electron chi connectivity index (χ2n) is 7.62. The Morgan fingerprint density at radius 2 is 1.75 bits per heavy atom. The van der Waals surface area contributed by atoms with Crippen LogP contribution in [0.2, 0.25) is 0 Å². The molecule has 0 aromatic heterocycles. The van der Waals surface area contributed by atoms with Crippen molar-refractivity contribution in [3.05, 3.63) is 65.7 Å². The molecule has 2 aromatic carbocycles. The number of sulfone groups is 1. The summed E-state index contributed by atoms with van der Waals surface area (Å²) in [6.45, 7) is 2.93. The highest BCUT2D eigenvalue weighted by Gasteiger charge is 2.37. The van der Waals surface area contributed by atoms with Gasteiger partial charge in [0.15, 0.2) is 16.1 Å². The summed E-state index contributed by atoms with van der Waals surface area (Å²) in [4.78, 5) is 13.5. The molecule has 3 rings (SSSR count). The van der Waals surface area contributed by atoms with Gasteiger partial charge in [-0.05, 0) is 47.8 Å². The molecule has 1 heterocycles. The van der Waals surface area contributed by atoms with Crippen molar-refractivity contribution < 1.29 is 27.4 Å². The van der Waals surface area contributed by atoms with Crippen molar-refractivity contribution >= 4 is 38.4 Å². The average molecular weight is 572 g/mol. The van der Waals surface area contributed by atoms with Gasteiger partial charge in [0, 0.05) is 5.56 Å². The second kappa shape index (κ2) is 12.1. The summed E-state index contributed by atoms with van der Waals surface area (Å²) in [6.07, 6.45) is 0.808. The molecule has 1 fully saturated rings. The summed E-state index contributed by atoms with van der Waals surface area (Å²) in [5.74, 6) is -1.74. The van der Waals surface area contributed by atoms with Gasteiger partial charge in [-0.2, -0.15) is 0 Å². The SMILES string of the molecule is CCOC(=O)C(c1ccccc1C1OCCO1)C(CCCI)CS(=O)(=O)c1ccccc1. The van der Waals surface area contributed by atoms with E-state index in [1.807, 2.05) is 24.3 Å². The molecule has 0 spiro atoms. The Balaban J connectivity index is 2.03. The van der Waals surface area contributed by atoms with Gasteiger partial charge < -0.3 is 14.2 Å². The van der Waals surface area contributed by atoms with E-state index in [-0.39, 0.29) is 17.3 Å². The maximum absolute atomic E-state index is 13.3. The van der Waals surface area contributed by atoms with E-state index in [1.54, 1.807) is 37.3 Å². The summed E-state index contributed by atoms with van der Waals surface area (Å²) in [5.41, 5.74) is 1.46. The van der Waals surface area contributed by atoms with E-state index >= 15 is 0 Å². The average Bonchev–Trinajstić information content (AvgIpc) is 3.33. The Bertz CT molecular complexity index is 973. The highest BCUT2D eigenvalue weighted by Crippen LogP contribution is 2.38. The lowest BCUT2D eigenvalue weighted by molar-refractivity contribution is -0.146. The van der Waals surface area contributed by atoms with Crippen LogP contribution in [0.15, 0.2) is 59.5 Å². The van der Waals surface area contributed by atoms with E-state index in [4.69, 9.17) is 14.2 Å². The van der Waals surface area contributed by atoms with Crippen LogP contribution in [0.4, 0.5) is 0 Å². The van der Waals surface area contributed by atoms with Crippen LogP contribution in [0.5, 0.6) is 0 Å². The van der Waals surface area contributed by atoms with E-state index in [2.05, 4.69) is 22.6 Å². The van der Waals surface area contributed by atoms with Crippen LogP contribution in [0.1, 0.15) is 43.1 Å². The number of carbonyl (C=O) groups excluding carboxylic acids is 1. The topological polar surface area (TPSA) is 78.9 Å². The molecule has 32 heavy (non-hydrogen) atoms. The van der Waals surface area contributed by atoms with E-state index in [1.165, 1.54) is 0 Å². The van der Waals surface area contributed by atoms with Gasteiger partial charge in [0.1, 0.15) is 0 Å². The number of rotatable bonds is 11. The molecule has 2 unspecified atom stereocenters. The van der Waals surface area contributed by atoms with Crippen molar-refractivity contribution in [2.45, 2.75) is 36.9 Å². The maximum atomic E-state index is 13.3. The molecule has 2 atom stereocenters. The molecule has 0 aliphatic carbocycles. The standard InChI is InChI=1S/C24H29IO6S/c1-2-29-23(26)22(20-12-6-7-13-21(20)24-30-15-16-31-24)18(9-8-14-25)17-32(27,28)19-10-4-3-5-11-19/h3-7,10-13,18,22,24H,2,8-9,14-17H2,1H3. The molecule has 0 bridgehead atoms. The first-order chi connectivity index (χ1) is 15.5. The van der Waals surface area contributed by atoms with E-state index < -0.39 is 33.9 Å². The number of halogens is 1. The van der Waals surface area contributed by atoms with Crippen LogP contribution >= 0.6 is 22.6 Å². The summed E-state index contributed by atoms with van der Waals surface area (Å²) < 4.78 is 44.2. The molecule has 6 nitrogen and oxygen atoms in total. The third-order valence-corrected chi connectivity index (χ3v) is 8.08. The third kappa shape index (κ3) is 6.30. The first-order valence-corrected chi connectivity index (χ1v) is 14.0. The lowest BCUT2D eigenvalue weighted by Gasteiger charge is -2.28. The quantitative estimate of drug-likeness (QED) is 0.221. The third-order valence-electron chi connectivity index (χ3n) is 5.46. The van der Waals surface area contributed by atoms with Crippen molar-refractivity contribution in [1.82, 2.24) is 0 Å². The molecule has 2 aromatic rings. The Hall–Kier alpha value is -1.49. The maximum Gasteiger partial charge on any atom is 0.313 e. The minimum Gasteiger partial charge on any atom is -0.466 e. The van der Waals surface area contributed by atoms with Crippen molar-refractivity contribution in [1.29, 1.82) is 0 Å². The molecule has 0 amide bonds. The second-order valence-corrected chi connectivity index (χ2v) is 10.7. The minimum absolute atomic E-state index is 0.141. The van der Waals surface area contributed by atoms with Gasteiger partial charge in [-0.1, -0.05) is 65.1 Å². The Kier molecular flexibility index (Phi) is 9.51. The largest absolute Gasteiger partial charge is 0.466 e. The molecule has 8 heteroatoms. The number of benzene rings is 2. The molecule has 0 saturated carbocycles. The minimum atomic E-state index is -3.60. The fourth-order valence-corrected chi connectivity index (χ4v) is 6.17. The molecule has 174 valence electrons. The van der Waals surface area contributed by atoms with Crippen molar-refractivity contribution in [2.75, 3.05) is 30.0 Å². The molecular weight excluding hydrogens is 543 g/mol. The van der Waals surface area contributed by atoms with Crippen LogP contribution in [0.3, 0.4) is 0 Å². The summed E-state index contributed by atoms with van der Waals surface area (Å²) in [5, 5.41) is 0. The fourth-order valence-electron chi connectivity index (χ4n) is 4.04. The number of hydrogen-bond donors (Lipinski definition) is 0. The van der Waals surface area contributed by atoms with Gasteiger partial charge in [0.25, 0.3) is 0 Å². The molecule has 0 radical (unpaired) electrons. The van der Waals surface area contributed by atoms with Gasteiger partial charge in [0.2, 0.25) is 0 Å². The smallest absolute Gasteiger partial charge is 0.313 e. The summed E-state index contributed by atoms with van der Waals surface area (Å²) in [6, 6.07) is 15.8. The molecule has 1 saturated heterocycles. The fraction of sp³-hybridized carbons (Fsp3) is 0.458. The van der Waals surface area contributed by atoms with Crippen LogP contribution in [-0.4, -0.2) is 44.4 Å². The normalized spacial score (nSPS) is 16.6. The monoisotopic (exact) mass is 572 g/mol. The van der Waals surface area contributed by atoms with Gasteiger partial charge >= 0.3 is 5.97 Å². The first kappa shape index (κ1) is 25.1. The Labute approximate surface area is 203 Å². The predicted octanol–water partition coefficient (Wildman–Crippen LogP) is 4.68. The highest BCUT2D eigenvalue weighted by molar-refractivity contribution is 14.1. The number of alkyl halides is 1. The Morgan fingerprint density at radius 3 is 2.41 bits per heavy atom. The van der Waals surface area contributed by atoms with Crippen LogP contribution in [0, 0.1) is 5.92 Å². The van der Waals surface area contributed by atoms with Crippen molar-refractivity contribution in [3.63, 3.8) is 0 Å². The lowest BCUT2D eigenvalue weighted by atomic mass is 9.82. The lowest BCUT2D eigenvalue weighted by Crippen LogP contribution is -2.31. The van der Waals surface area contributed by atoms with E-state index in [0.717, 1.165) is 16.4 Å². The van der Waals surface area contributed by atoms with Gasteiger partial charge in [0.05, 0.1) is 36.4 Å². The highest BCUT2D eigenvalue weighted by atomic mass is 127. The van der Waals surface area contributed by atoms with Gasteiger partial charge in [-0.15, -0.1) is 0 Å². The number of ether oxygens (including phenoxy) is 3. The summed E-state index contributed by atoms with van der Waals surface area (Å²) in [7, 11) is -3.60. The van der Waals surface area contributed by atoms with Gasteiger partial charge in [-0.25, -0.2) is 8.42 Å². The molecule has 0 N–H and O–H groups in total. The van der Waals surface area contributed by atoms with E-state index in [0.29, 0.717) is 25.2 Å². The van der Waals surface area contributed by atoms with Crippen LogP contribution in [-0.2, 0) is 28.8 Å². The molecule has 1 aliphatic heterocycles. The van der Waals surface area contributed by atoms with Crippen LogP contribution in [0.25, 0.3) is 0 Å². The number of esters is 1. The molecular formula is C24H29IO6S. The van der Waals surface area contributed by atoms with Crippen molar-refractivity contribution in [3.8, 4) is 0 Å². The van der Waals surface area contributed by atoms with E-state index in [9.17, 15) is 13.2 Å². The number of carbonyl (C=O) groups is 1. The van der Waals surface area contributed by atoms with Crippen LogP contribution < -0.4 is 0 Å². The zero-order chi connectivity index (χ0) is 23.0.